The molecule has 1 aliphatic rings. The molecule has 0 unspecified atom stereocenters. The fourth-order valence-corrected chi connectivity index (χ4v) is 3.11. The van der Waals surface area contributed by atoms with Crippen molar-refractivity contribution in [1.82, 2.24) is 0 Å². The number of hydrogen-bond acceptors (Lipinski definition) is 4. The van der Waals surface area contributed by atoms with Gasteiger partial charge in [-0.05, 0) is 60.9 Å². The van der Waals surface area contributed by atoms with E-state index >= 15 is 0 Å². The zero-order valence-electron chi connectivity index (χ0n) is 16.7. The lowest BCUT2D eigenvalue weighted by molar-refractivity contribution is -0.129. The average molecular weight is 418 g/mol. The van der Waals surface area contributed by atoms with Crippen LogP contribution < -0.4 is 4.74 Å². The SMILES string of the molecule is Cc1ccc(COc2ccc(/C=C3\N=C(c4ccc(C)c(Cl)c4)OC3=O)cc2)cc1. The summed E-state index contributed by atoms with van der Waals surface area (Å²) >= 11 is 6.16. The van der Waals surface area contributed by atoms with Crippen molar-refractivity contribution in [3.8, 4) is 5.75 Å². The molecule has 4 nitrogen and oxygen atoms in total. The van der Waals surface area contributed by atoms with Crippen LogP contribution in [0, 0.1) is 13.8 Å². The number of rotatable bonds is 5. The number of hydrogen-bond donors (Lipinski definition) is 0. The molecule has 1 heterocycles. The lowest BCUT2D eigenvalue weighted by Gasteiger charge is -2.07. The Bertz CT molecular complexity index is 1150. The maximum atomic E-state index is 12.2. The van der Waals surface area contributed by atoms with Gasteiger partial charge in [-0.1, -0.05) is 59.6 Å². The summed E-state index contributed by atoms with van der Waals surface area (Å²) in [7, 11) is 0. The first-order valence-electron chi connectivity index (χ1n) is 9.55. The molecule has 0 aromatic heterocycles. The molecule has 0 amide bonds. The van der Waals surface area contributed by atoms with Gasteiger partial charge in [-0.3, -0.25) is 0 Å². The van der Waals surface area contributed by atoms with E-state index in [-0.39, 0.29) is 11.6 Å². The van der Waals surface area contributed by atoms with Crippen molar-refractivity contribution in [1.29, 1.82) is 0 Å². The highest BCUT2D eigenvalue weighted by Gasteiger charge is 2.24. The molecule has 150 valence electrons. The van der Waals surface area contributed by atoms with Gasteiger partial charge in [-0.15, -0.1) is 0 Å². The highest BCUT2D eigenvalue weighted by molar-refractivity contribution is 6.31. The van der Waals surface area contributed by atoms with E-state index in [1.807, 2.05) is 43.3 Å². The number of carbonyl (C=O) groups excluding carboxylic acids is 1. The summed E-state index contributed by atoms with van der Waals surface area (Å²) in [5.41, 5.74) is 5.02. The highest BCUT2D eigenvalue weighted by atomic mass is 35.5. The van der Waals surface area contributed by atoms with E-state index in [0.717, 1.165) is 22.4 Å². The van der Waals surface area contributed by atoms with Crippen LogP contribution in [0.15, 0.2) is 77.4 Å². The number of carbonyl (C=O) groups is 1. The van der Waals surface area contributed by atoms with E-state index in [2.05, 4.69) is 36.2 Å². The third-order valence-corrected chi connectivity index (χ3v) is 5.16. The Balaban J connectivity index is 1.46. The maximum Gasteiger partial charge on any atom is 0.363 e. The van der Waals surface area contributed by atoms with Crippen LogP contribution in [0.5, 0.6) is 5.75 Å². The molecule has 0 saturated heterocycles. The number of ether oxygens (including phenoxy) is 2. The summed E-state index contributed by atoms with van der Waals surface area (Å²) in [6, 6.07) is 21.2. The highest BCUT2D eigenvalue weighted by Crippen LogP contribution is 2.23. The van der Waals surface area contributed by atoms with Crippen molar-refractivity contribution in [3.05, 3.63) is 105 Å². The predicted octanol–water partition coefficient (Wildman–Crippen LogP) is 5.88. The molecule has 0 spiro atoms. The molecule has 3 aromatic rings. The second kappa shape index (κ2) is 8.56. The standard InChI is InChI=1S/C25H20ClNO3/c1-16-3-6-19(7-4-16)15-29-21-11-8-18(9-12-21)13-23-25(28)30-24(27-23)20-10-5-17(2)22(26)14-20/h3-14H,15H2,1-2H3/b23-13-. The number of aliphatic imine (C=N–C) groups is 1. The van der Waals surface area contributed by atoms with Crippen LogP contribution >= 0.6 is 11.6 Å². The Morgan fingerprint density at radius 2 is 1.73 bits per heavy atom. The zero-order chi connectivity index (χ0) is 21.1. The molecule has 4 rings (SSSR count). The summed E-state index contributed by atoms with van der Waals surface area (Å²) < 4.78 is 11.1. The molecule has 3 aromatic carbocycles. The van der Waals surface area contributed by atoms with Crippen LogP contribution in [0.4, 0.5) is 0 Å². The van der Waals surface area contributed by atoms with E-state index < -0.39 is 5.97 Å². The third kappa shape index (κ3) is 4.61. The number of benzene rings is 3. The molecule has 30 heavy (non-hydrogen) atoms. The topological polar surface area (TPSA) is 47.9 Å². The van der Waals surface area contributed by atoms with Gasteiger partial charge in [0.2, 0.25) is 5.90 Å². The van der Waals surface area contributed by atoms with Gasteiger partial charge in [0.25, 0.3) is 0 Å². The largest absolute Gasteiger partial charge is 0.489 e. The summed E-state index contributed by atoms with van der Waals surface area (Å²) in [5, 5.41) is 0.602. The molecule has 0 aliphatic carbocycles. The van der Waals surface area contributed by atoms with Crippen LogP contribution in [-0.2, 0) is 16.1 Å². The van der Waals surface area contributed by atoms with Crippen LogP contribution in [-0.4, -0.2) is 11.9 Å². The molecule has 0 atom stereocenters. The molecular formula is C25H20ClNO3. The van der Waals surface area contributed by atoms with Crippen LogP contribution in [0.25, 0.3) is 6.08 Å². The summed E-state index contributed by atoms with van der Waals surface area (Å²) in [4.78, 5) is 16.5. The van der Waals surface area contributed by atoms with Gasteiger partial charge in [-0.2, -0.15) is 0 Å². The number of esters is 1. The van der Waals surface area contributed by atoms with E-state index in [9.17, 15) is 4.79 Å². The fourth-order valence-electron chi connectivity index (χ4n) is 2.93. The van der Waals surface area contributed by atoms with Crippen LogP contribution in [0.1, 0.15) is 27.8 Å². The van der Waals surface area contributed by atoms with Gasteiger partial charge in [0.1, 0.15) is 12.4 Å². The smallest absolute Gasteiger partial charge is 0.363 e. The summed E-state index contributed by atoms with van der Waals surface area (Å²) in [6.07, 6.45) is 1.69. The van der Waals surface area contributed by atoms with Crippen LogP contribution in [0.2, 0.25) is 5.02 Å². The lowest BCUT2D eigenvalue weighted by Crippen LogP contribution is -2.05. The van der Waals surface area contributed by atoms with Gasteiger partial charge in [-0.25, -0.2) is 9.79 Å². The minimum absolute atomic E-state index is 0.245. The summed E-state index contributed by atoms with van der Waals surface area (Å²) in [5.74, 6) is 0.526. The predicted molar refractivity (Wildman–Crippen MR) is 119 cm³/mol. The first-order chi connectivity index (χ1) is 14.5. The average Bonchev–Trinajstić information content (AvgIpc) is 3.11. The molecule has 0 radical (unpaired) electrons. The zero-order valence-corrected chi connectivity index (χ0v) is 17.4. The molecular weight excluding hydrogens is 398 g/mol. The minimum Gasteiger partial charge on any atom is -0.489 e. The molecule has 0 fully saturated rings. The second-order valence-electron chi connectivity index (χ2n) is 7.14. The first kappa shape index (κ1) is 19.9. The van der Waals surface area contributed by atoms with Gasteiger partial charge in [0, 0.05) is 10.6 Å². The van der Waals surface area contributed by atoms with Gasteiger partial charge in [0.05, 0.1) is 0 Å². The van der Waals surface area contributed by atoms with Crippen molar-refractivity contribution < 1.29 is 14.3 Å². The summed E-state index contributed by atoms with van der Waals surface area (Å²) in [6.45, 7) is 4.47. The minimum atomic E-state index is -0.485. The van der Waals surface area contributed by atoms with Crippen molar-refractivity contribution in [2.24, 2.45) is 4.99 Å². The lowest BCUT2D eigenvalue weighted by atomic mass is 10.1. The van der Waals surface area contributed by atoms with Gasteiger partial charge >= 0.3 is 5.97 Å². The molecule has 0 saturated carbocycles. The Labute approximate surface area is 180 Å². The van der Waals surface area contributed by atoms with Crippen molar-refractivity contribution in [2.45, 2.75) is 20.5 Å². The normalized spacial score (nSPS) is 14.6. The van der Waals surface area contributed by atoms with Gasteiger partial charge in [0.15, 0.2) is 5.70 Å². The third-order valence-electron chi connectivity index (χ3n) is 4.75. The number of nitrogens with zero attached hydrogens (tertiary/aromatic N) is 1. The Hall–Kier alpha value is -3.37. The Morgan fingerprint density at radius 1 is 1.00 bits per heavy atom. The molecule has 5 heteroatoms. The number of aryl methyl sites for hydroxylation is 2. The maximum absolute atomic E-state index is 12.2. The van der Waals surface area contributed by atoms with Crippen LogP contribution in [0.3, 0.4) is 0 Å². The van der Waals surface area contributed by atoms with Crippen molar-refractivity contribution >= 4 is 29.5 Å². The van der Waals surface area contributed by atoms with E-state index in [0.29, 0.717) is 17.2 Å². The quantitative estimate of drug-likeness (QED) is 0.384. The second-order valence-corrected chi connectivity index (χ2v) is 7.55. The molecule has 1 aliphatic heterocycles. The molecule has 0 N–H and O–H groups in total. The number of cyclic esters (lactones) is 1. The van der Waals surface area contributed by atoms with E-state index in [1.54, 1.807) is 12.1 Å². The monoisotopic (exact) mass is 417 g/mol. The number of halogens is 1. The molecule has 0 bridgehead atoms. The fraction of sp³-hybridized carbons (Fsp3) is 0.120. The van der Waals surface area contributed by atoms with Crippen molar-refractivity contribution in [2.75, 3.05) is 0 Å². The first-order valence-corrected chi connectivity index (χ1v) is 9.93. The van der Waals surface area contributed by atoms with E-state index in [1.165, 1.54) is 5.56 Å². The van der Waals surface area contributed by atoms with E-state index in [4.69, 9.17) is 21.1 Å². The van der Waals surface area contributed by atoms with Gasteiger partial charge < -0.3 is 9.47 Å². The van der Waals surface area contributed by atoms with Crippen molar-refractivity contribution in [3.63, 3.8) is 0 Å². The Kier molecular flexibility index (Phi) is 5.68. The Morgan fingerprint density at radius 3 is 2.43 bits per heavy atom.